The fraction of sp³-hybridized carbons (Fsp3) is 1.00. The summed E-state index contributed by atoms with van der Waals surface area (Å²) in [4.78, 5) is 2.85. The van der Waals surface area contributed by atoms with Gasteiger partial charge in [0.25, 0.3) is 0 Å². The predicted molar refractivity (Wildman–Crippen MR) is 88.1 cm³/mol. The maximum atomic E-state index is 3.96. The van der Waals surface area contributed by atoms with Crippen molar-refractivity contribution in [1.82, 2.24) is 10.2 Å². The molecular formula is C18H36N2. The summed E-state index contributed by atoms with van der Waals surface area (Å²) < 4.78 is 0. The number of hydrogen-bond acceptors (Lipinski definition) is 2. The van der Waals surface area contributed by atoms with Gasteiger partial charge in [-0.25, -0.2) is 0 Å². The molecule has 2 atom stereocenters. The van der Waals surface area contributed by atoms with Crippen molar-refractivity contribution < 1.29 is 0 Å². The zero-order valence-corrected chi connectivity index (χ0v) is 14.4. The summed E-state index contributed by atoms with van der Waals surface area (Å²) in [6.45, 7) is 14.4. The fourth-order valence-corrected chi connectivity index (χ4v) is 4.44. The first-order chi connectivity index (χ1) is 9.43. The van der Waals surface area contributed by atoms with E-state index in [4.69, 9.17) is 0 Å². The van der Waals surface area contributed by atoms with E-state index in [0.717, 1.165) is 23.9 Å². The van der Waals surface area contributed by atoms with Gasteiger partial charge in [-0.15, -0.1) is 0 Å². The van der Waals surface area contributed by atoms with Crippen molar-refractivity contribution in [1.29, 1.82) is 0 Å². The van der Waals surface area contributed by atoms with E-state index >= 15 is 0 Å². The van der Waals surface area contributed by atoms with E-state index < -0.39 is 0 Å². The van der Waals surface area contributed by atoms with Crippen LogP contribution in [0.1, 0.15) is 73.1 Å². The summed E-state index contributed by atoms with van der Waals surface area (Å²) in [5.74, 6) is 1.55. The number of piperazine rings is 1. The van der Waals surface area contributed by atoms with Gasteiger partial charge in [0, 0.05) is 30.7 Å². The molecule has 1 aliphatic heterocycles. The molecule has 118 valence electrons. The molecule has 1 spiro atoms. The van der Waals surface area contributed by atoms with Gasteiger partial charge in [0.05, 0.1) is 0 Å². The number of nitrogens with one attached hydrogen (secondary N) is 1. The third-order valence-corrected chi connectivity index (χ3v) is 5.56. The second-order valence-corrected chi connectivity index (χ2v) is 8.18. The monoisotopic (exact) mass is 280 g/mol. The first-order valence-electron chi connectivity index (χ1n) is 8.94. The van der Waals surface area contributed by atoms with Crippen LogP contribution in [-0.4, -0.2) is 35.6 Å². The molecule has 20 heavy (non-hydrogen) atoms. The lowest BCUT2D eigenvalue weighted by molar-refractivity contribution is 0.00554. The van der Waals surface area contributed by atoms with Gasteiger partial charge in [-0.3, -0.25) is 4.90 Å². The van der Waals surface area contributed by atoms with Crippen molar-refractivity contribution in [2.24, 2.45) is 11.8 Å². The largest absolute Gasteiger partial charge is 0.308 e. The molecule has 1 N–H and O–H groups in total. The van der Waals surface area contributed by atoms with Crippen molar-refractivity contribution in [3.05, 3.63) is 0 Å². The minimum Gasteiger partial charge on any atom is -0.308 e. The number of hydrogen-bond donors (Lipinski definition) is 1. The smallest absolute Gasteiger partial charge is 0.0309 e. The molecule has 0 aromatic carbocycles. The Balaban J connectivity index is 2.08. The summed E-state index contributed by atoms with van der Waals surface area (Å²) in [5.41, 5.74) is 0.439. The lowest BCUT2D eigenvalue weighted by Crippen LogP contribution is -2.67. The Labute approximate surface area is 126 Å². The van der Waals surface area contributed by atoms with E-state index in [2.05, 4.69) is 44.8 Å². The van der Waals surface area contributed by atoms with Crippen LogP contribution in [-0.2, 0) is 0 Å². The van der Waals surface area contributed by atoms with Gasteiger partial charge in [-0.1, -0.05) is 47.0 Å². The highest BCUT2D eigenvalue weighted by molar-refractivity contribution is 5.01. The Morgan fingerprint density at radius 3 is 2.25 bits per heavy atom. The second kappa shape index (κ2) is 6.79. The topological polar surface area (TPSA) is 15.3 Å². The van der Waals surface area contributed by atoms with Crippen molar-refractivity contribution >= 4 is 0 Å². The van der Waals surface area contributed by atoms with Gasteiger partial charge in [0.15, 0.2) is 0 Å². The van der Waals surface area contributed by atoms with E-state index in [1.54, 1.807) is 0 Å². The van der Waals surface area contributed by atoms with Crippen LogP contribution in [0.3, 0.4) is 0 Å². The normalized spacial score (nSPS) is 29.2. The summed E-state index contributed by atoms with van der Waals surface area (Å²) in [5, 5.41) is 3.96. The molecule has 0 bridgehead atoms. The molecule has 1 saturated carbocycles. The van der Waals surface area contributed by atoms with Crippen molar-refractivity contribution in [3.8, 4) is 0 Å². The molecule has 2 nitrogen and oxygen atoms in total. The van der Waals surface area contributed by atoms with Gasteiger partial charge >= 0.3 is 0 Å². The Morgan fingerprint density at radius 2 is 1.70 bits per heavy atom. The molecule has 0 aromatic heterocycles. The summed E-state index contributed by atoms with van der Waals surface area (Å²) in [7, 11) is 0. The average molecular weight is 280 g/mol. The third-order valence-electron chi connectivity index (χ3n) is 5.56. The van der Waals surface area contributed by atoms with Gasteiger partial charge in [-0.2, -0.15) is 0 Å². The lowest BCUT2D eigenvalue weighted by Gasteiger charge is -2.53. The molecule has 0 amide bonds. The standard InChI is InChI=1S/C18H36N2/c1-14(2)11-16(5)20-13-18(9-7-6-8-10-18)19-12-17(20)15(3)4/h14-17,19H,6-13H2,1-5H3. The minimum atomic E-state index is 0.439. The number of nitrogens with zero attached hydrogens (tertiary/aromatic N) is 1. The Bertz CT molecular complexity index is 292. The average Bonchev–Trinajstić information content (AvgIpc) is 2.38. The molecule has 1 aliphatic carbocycles. The van der Waals surface area contributed by atoms with Crippen LogP contribution in [0, 0.1) is 11.8 Å². The zero-order valence-electron chi connectivity index (χ0n) is 14.4. The SMILES string of the molecule is CC(C)CC(C)N1CC2(CCCCC2)NCC1C(C)C. The lowest BCUT2D eigenvalue weighted by atomic mass is 9.78. The molecule has 0 radical (unpaired) electrons. The molecule has 2 fully saturated rings. The summed E-state index contributed by atoms with van der Waals surface area (Å²) >= 11 is 0. The molecule has 1 saturated heterocycles. The van der Waals surface area contributed by atoms with Gasteiger partial charge in [0.1, 0.15) is 0 Å². The van der Waals surface area contributed by atoms with Crippen LogP contribution in [0.5, 0.6) is 0 Å². The highest BCUT2D eigenvalue weighted by Gasteiger charge is 2.42. The van der Waals surface area contributed by atoms with Crippen LogP contribution < -0.4 is 5.32 Å². The van der Waals surface area contributed by atoms with Crippen LogP contribution >= 0.6 is 0 Å². The second-order valence-electron chi connectivity index (χ2n) is 8.18. The Hall–Kier alpha value is -0.0800. The van der Waals surface area contributed by atoms with Crippen LogP contribution in [0.2, 0.25) is 0 Å². The first-order valence-corrected chi connectivity index (χ1v) is 8.94. The van der Waals surface area contributed by atoms with Crippen LogP contribution in [0.15, 0.2) is 0 Å². The van der Waals surface area contributed by atoms with E-state index in [1.807, 2.05) is 0 Å². The Kier molecular flexibility index (Phi) is 5.53. The van der Waals surface area contributed by atoms with Gasteiger partial charge in [0.2, 0.25) is 0 Å². The van der Waals surface area contributed by atoms with E-state index in [-0.39, 0.29) is 0 Å². The van der Waals surface area contributed by atoms with Crippen LogP contribution in [0.25, 0.3) is 0 Å². The van der Waals surface area contributed by atoms with Crippen molar-refractivity contribution in [3.63, 3.8) is 0 Å². The predicted octanol–water partition coefficient (Wildman–Crippen LogP) is 4.05. The molecule has 0 aromatic rings. The first kappa shape index (κ1) is 16.3. The van der Waals surface area contributed by atoms with E-state index in [9.17, 15) is 0 Å². The highest BCUT2D eigenvalue weighted by Crippen LogP contribution is 2.34. The third kappa shape index (κ3) is 3.76. The number of rotatable bonds is 4. The Morgan fingerprint density at radius 1 is 1.05 bits per heavy atom. The molecule has 2 aliphatic rings. The quantitative estimate of drug-likeness (QED) is 0.835. The van der Waals surface area contributed by atoms with Crippen molar-refractivity contribution in [2.45, 2.75) is 90.8 Å². The highest BCUT2D eigenvalue weighted by atomic mass is 15.3. The van der Waals surface area contributed by atoms with Gasteiger partial charge < -0.3 is 5.32 Å². The van der Waals surface area contributed by atoms with E-state index in [1.165, 1.54) is 51.6 Å². The minimum absolute atomic E-state index is 0.439. The molecule has 2 unspecified atom stereocenters. The molecule has 2 rings (SSSR count). The van der Waals surface area contributed by atoms with E-state index in [0.29, 0.717) is 5.54 Å². The summed E-state index contributed by atoms with van der Waals surface area (Å²) in [6.07, 6.45) is 8.40. The summed E-state index contributed by atoms with van der Waals surface area (Å²) in [6, 6.07) is 1.44. The van der Waals surface area contributed by atoms with Crippen LogP contribution in [0.4, 0.5) is 0 Å². The zero-order chi connectivity index (χ0) is 14.8. The maximum absolute atomic E-state index is 3.96. The van der Waals surface area contributed by atoms with Crippen molar-refractivity contribution in [2.75, 3.05) is 13.1 Å². The molecule has 1 heterocycles. The van der Waals surface area contributed by atoms with Gasteiger partial charge in [-0.05, 0) is 38.0 Å². The molecule has 2 heteroatoms. The maximum Gasteiger partial charge on any atom is 0.0309 e. The molecular weight excluding hydrogens is 244 g/mol. The fourth-order valence-electron chi connectivity index (χ4n) is 4.44.